The molecule has 0 aliphatic carbocycles. The minimum atomic E-state index is -0.0298. The highest BCUT2D eigenvalue weighted by atomic mass is 35.5. The Morgan fingerprint density at radius 1 is 1.17 bits per heavy atom. The molecule has 1 amide bonds. The van der Waals surface area contributed by atoms with Crippen LogP contribution in [0, 0.1) is 0 Å². The van der Waals surface area contributed by atoms with Crippen molar-refractivity contribution in [2.24, 2.45) is 0 Å². The first-order chi connectivity index (χ1) is 14.7. The lowest BCUT2D eigenvalue weighted by molar-refractivity contribution is -0.119. The maximum Gasteiger partial charge on any atom is 0.230 e. The largest absolute Gasteiger partial charge is 0.376 e. The molecule has 6 nitrogen and oxygen atoms in total. The van der Waals surface area contributed by atoms with Gasteiger partial charge in [0.2, 0.25) is 5.91 Å². The Bertz CT molecular complexity index is 973. The molecule has 2 heterocycles. The molecule has 1 saturated heterocycles. The third kappa shape index (κ3) is 5.41. The van der Waals surface area contributed by atoms with E-state index in [4.69, 9.17) is 16.3 Å². The van der Waals surface area contributed by atoms with Gasteiger partial charge in [-0.25, -0.2) is 0 Å². The lowest BCUT2D eigenvalue weighted by Gasteiger charge is -2.12. The van der Waals surface area contributed by atoms with Crippen LogP contribution in [0.2, 0.25) is 5.02 Å². The van der Waals surface area contributed by atoms with Crippen molar-refractivity contribution in [3.63, 3.8) is 0 Å². The quantitative estimate of drug-likeness (QED) is 0.533. The number of benzene rings is 2. The van der Waals surface area contributed by atoms with Gasteiger partial charge < -0.3 is 10.1 Å². The van der Waals surface area contributed by atoms with Crippen LogP contribution in [0.15, 0.2) is 59.8 Å². The fourth-order valence-corrected chi connectivity index (χ4v) is 4.22. The predicted molar refractivity (Wildman–Crippen MR) is 119 cm³/mol. The van der Waals surface area contributed by atoms with Crippen LogP contribution in [-0.4, -0.2) is 45.7 Å². The smallest absolute Gasteiger partial charge is 0.230 e. The minimum Gasteiger partial charge on any atom is -0.376 e. The van der Waals surface area contributed by atoms with Gasteiger partial charge in [-0.15, -0.1) is 10.2 Å². The van der Waals surface area contributed by atoms with Crippen molar-refractivity contribution in [1.29, 1.82) is 0 Å². The molecule has 8 heteroatoms. The summed E-state index contributed by atoms with van der Waals surface area (Å²) in [4.78, 5) is 12.3. The zero-order chi connectivity index (χ0) is 20.8. The fraction of sp³-hybridized carbons (Fsp3) is 0.318. The van der Waals surface area contributed by atoms with Crippen molar-refractivity contribution in [2.75, 3.05) is 18.9 Å². The molecule has 1 aliphatic heterocycles. The zero-order valence-corrected chi connectivity index (χ0v) is 18.0. The molecular formula is C22H23ClN4O2S. The van der Waals surface area contributed by atoms with Gasteiger partial charge in [-0.3, -0.25) is 9.36 Å². The first kappa shape index (κ1) is 20.9. The first-order valence-electron chi connectivity index (χ1n) is 9.93. The fourth-order valence-electron chi connectivity index (χ4n) is 3.33. The lowest BCUT2D eigenvalue weighted by Crippen LogP contribution is -2.32. The Morgan fingerprint density at radius 2 is 1.97 bits per heavy atom. The van der Waals surface area contributed by atoms with E-state index in [2.05, 4.69) is 27.6 Å². The van der Waals surface area contributed by atoms with Crippen LogP contribution in [0.1, 0.15) is 18.4 Å². The molecule has 0 bridgehead atoms. The van der Waals surface area contributed by atoms with Gasteiger partial charge >= 0.3 is 0 Å². The van der Waals surface area contributed by atoms with Gasteiger partial charge in [0.25, 0.3) is 0 Å². The monoisotopic (exact) mass is 442 g/mol. The van der Waals surface area contributed by atoms with Crippen LogP contribution in [0.5, 0.6) is 0 Å². The van der Waals surface area contributed by atoms with E-state index in [9.17, 15) is 4.79 Å². The highest BCUT2D eigenvalue weighted by Gasteiger charge is 2.18. The Kier molecular flexibility index (Phi) is 7.04. The molecule has 156 valence electrons. The number of hydrogen-bond acceptors (Lipinski definition) is 5. The predicted octanol–water partition coefficient (Wildman–Crippen LogP) is 4.03. The summed E-state index contributed by atoms with van der Waals surface area (Å²) in [5.74, 6) is 0.996. The molecule has 1 N–H and O–H groups in total. The number of rotatable bonds is 8. The zero-order valence-electron chi connectivity index (χ0n) is 16.5. The Labute approximate surface area is 185 Å². The van der Waals surface area contributed by atoms with Crippen molar-refractivity contribution in [3.05, 3.63) is 65.2 Å². The van der Waals surface area contributed by atoms with Crippen molar-refractivity contribution in [3.8, 4) is 11.4 Å². The molecule has 1 aromatic heterocycles. The molecule has 4 rings (SSSR count). The number of nitrogens with one attached hydrogen (secondary N) is 1. The lowest BCUT2D eigenvalue weighted by atomic mass is 10.2. The molecule has 0 radical (unpaired) electrons. The highest BCUT2D eigenvalue weighted by molar-refractivity contribution is 7.99. The maximum absolute atomic E-state index is 12.3. The number of carbonyl (C=O) groups is 1. The molecular weight excluding hydrogens is 420 g/mol. The van der Waals surface area contributed by atoms with Crippen LogP contribution < -0.4 is 5.32 Å². The Balaban J connectivity index is 1.48. The molecule has 1 atom stereocenters. The van der Waals surface area contributed by atoms with Gasteiger partial charge in [-0.05, 0) is 42.7 Å². The van der Waals surface area contributed by atoms with Crippen LogP contribution in [0.25, 0.3) is 11.4 Å². The summed E-state index contributed by atoms with van der Waals surface area (Å²) in [6, 6.07) is 17.7. The SMILES string of the molecule is O=C(CSc1nnc(-c2ccc(Cl)cc2)n1Cc1ccccc1)NCC1CCCO1. The number of aromatic nitrogens is 3. The molecule has 3 aromatic rings. The summed E-state index contributed by atoms with van der Waals surface area (Å²) in [5.41, 5.74) is 2.06. The number of thioether (sulfide) groups is 1. The highest BCUT2D eigenvalue weighted by Crippen LogP contribution is 2.26. The van der Waals surface area contributed by atoms with Gasteiger partial charge in [-0.1, -0.05) is 53.7 Å². The molecule has 0 spiro atoms. The van der Waals surface area contributed by atoms with Crippen LogP contribution in [0.3, 0.4) is 0 Å². The molecule has 2 aromatic carbocycles. The molecule has 1 fully saturated rings. The van der Waals surface area contributed by atoms with Crippen molar-refractivity contribution in [2.45, 2.75) is 30.6 Å². The Hall–Kier alpha value is -2.35. The minimum absolute atomic E-state index is 0.0298. The van der Waals surface area contributed by atoms with E-state index in [1.54, 1.807) is 0 Å². The summed E-state index contributed by atoms with van der Waals surface area (Å²) in [6.07, 6.45) is 2.20. The second-order valence-electron chi connectivity index (χ2n) is 7.11. The normalized spacial score (nSPS) is 16.0. The van der Waals surface area contributed by atoms with Crippen LogP contribution in [0.4, 0.5) is 0 Å². The van der Waals surface area contributed by atoms with Crippen molar-refractivity contribution < 1.29 is 9.53 Å². The maximum atomic E-state index is 12.3. The molecule has 1 aliphatic rings. The van der Waals surface area contributed by atoms with Gasteiger partial charge in [0, 0.05) is 23.7 Å². The summed E-state index contributed by atoms with van der Waals surface area (Å²) < 4.78 is 7.59. The van der Waals surface area contributed by atoms with E-state index in [0.717, 1.165) is 36.4 Å². The van der Waals surface area contributed by atoms with Gasteiger partial charge in [-0.2, -0.15) is 0 Å². The average Bonchev–Trinajstić information content (AvgIpc) is 3.42. The topological polar surface area (TPSA) is 69.0 Å². The van der Waals surface area contributed by atoms with Crippen LogP contribution >= 0.6 is 23.4 Å². The van der Waals surface area contributed by atoms with E-state index < -0.39 is 0 Å². The molecule has 1 unspecified atom stereocenters. The molecule has 30 heavy (non-hydrogen) atoms. The summed E-state index contributed by atoms with van der Waals surface area (Å²) >= 11 is 7.42. The Morgan fingerprint density at radius 3 is 2.70 bits per heavy atom. The van der Waals surface area contributed by atoms with E-state index in [0.29, 0.717) is 23.3 Å². The van der Waals surface area contributed by atoms with E-state index in [-0.39, 0.29) is 17.8 Å². The summed E-state index contributed by atoms with van der Waals surface area (Å²) in [7, 11) is 0. The van der Waals surface area contributed by atoms with Crippen LogP contribution in [-0.2, 0) is 16.1 Å². The molecule has 0 saturated carbocycles. The number of nitrogens with zero attached hydrogens (tertiary/aromatic N) is 3. The third-order valence-electron chi connectivity index (χ3n) is 4.89. The number of halogens is 1. The summed E-state index contributed by atoms with van der Waals surface area (Å²) in [6.45, 7) is 1.96. The van der Waals surface area contributed by atoms with Crippen molar-refractivity contribution in [1.82, 2.24) is 20.1 Å². The van der Waals surface area contributed by atoms with E-state index in [1.165, 1.54) is 11.8 Å². The average molecular weight is 443 g/mol. The standard InChI is InChI=1S/C22H23ClN4O2S/c23-18-10-8-17(9-11-18)21-25-26-22(27(21)14-16-5-2-1-3-6-16)30-15-20(28)24-13-19-7-4-12-29-19/h1-3,5-6,8-11,19H,4,7,12-15H2,(H,24,28). The number of ether oxygens (including phenoxy) is 1. The van der Waals surface area contributed by atoms with Gasteiger partial charge in [0.15, 0.2) is 11.0 Å². The van der Waals surface area contributed by atoms with Gasteiger partial charge in [0.1, 0.15) is 0 Å². The number of carbonyl (C=O) groups excluding carboxylic acids is 1. The van der Waals surface area contributed by atoms with E-state index in [1.807, 2.05) is 47.0 Å². The second-order valence-corrected chi connectivity index (χ2v) is 8.49. The number of amides is 1. The van der Waals surface area contributed by atoms with Gasteiger partial charge in [0.05, 0.1) is 18.4 Å². The summed E-state index contributed by atoms with van der Waals surface area (Å²) in [5, 5.41) is 13.1. The van der Waals surface area contributed by atoms with Crippen molar-refractivity contribution >= 4 is 29.3 Å². The third-order valence-corrected chi connectivity index (χ3v) is 6.10. The second kappa shape index (κ2) is 10.1. The van der Waals surface area contributed by atoms with E-state index >= 15 is 0 Å². The first-order valence-corrected chi connectivity index (χ1v) is 11.3. The number of hydrogen-bond donors (Lipinski definition) is 1.